The van der Waals surface area contributed by atoms with E-state index in [0.717, 1.165) is 6.92 Å². The predicted molar refractivity (Wildman–Crippen MR) is 80.2 cm³/mol. The summed E-state index contributed by atoms with van der Waals surface area (Å²) >= 11 is 0. The number of nitrogens with one attached hydrogen (secondary N) is 1. The molecule has 0 aromatic heterocycles. The lowest BCUT2D eigenvalue weighted by molar-refractivity contribution is -0.341. The van der Waals surface area contributed by atoms with Gasteiger partial charge in [-0.3, -0.25) is 4.79 Å². The van der Waals surface area contributed by atoms with Gasteiger partial charge >= 0.3 is 0 Å². The molecule has 152 valence electrons. The molecule has 2 aliphatic rings. The Hall–Kier alpha value is -0.930. The summed E-state index contributed by atoms with van der Waals surface area (Å²) in [7, 11) is 0. The van der Waals surface area contributed by atoms with Gasteiger partial charge < -0.3 is 55.3 Å². The summed E-state index contributed by atoms with van der Waals surface area (Å²) in [6.07, 6.45) is -13.7. The fourth-order valence-electron chi connectivity index (χ4n) is 2.97. The van der Waals surface area contributed by atoms with Gasteiger partial charge in [0.2, 0.25) is 5.91 Å². The minimum Gasteiger partial charge on any atom is -0.394 e. The van der Waals surface area contributed by atoms with Gasteiger partial charge in [-0.15, -0.1) is 0 Å². The van der Waals surface area contributed by atoms with E-state index in [2.05, 4.69) is 5.32 Å². The number of hydrogen-bond acceptors (Lipinski definition) is 11. The van der Waals surface area contributed by atoms with Gasteiger partial charge in [-0.25, -0.2) is 0 Å². The quantitative estimate of drug-likeness (QED) is 0.226. The Morgan fingerprint density at radius 2 is 1.50 bits per heavy atom. The highest BCUT2D eigenvalue weighted by Crippen LogP contribution is 2.28. The SMILES string of the molecule is CC(=O)N[C@@H]1[C@@H](O[C@H]2O[C@@H](CO)[C@H](O)[C@@H](O)[C@@H]2O)[C@H](O)[C@@H](CO)O[C@H]1O. The summed E-state index contributed by atoms with van der Waals surface area (Å²) < 4.78 is 15.7. The Balaban J connectivity index is 2.21. The molecule has 26 heavy (non-hydrogen) atoms. The molecule has 0 aliphatic carbocycles. The molecule has 0 spiro atoms. The summed E-state index contributed by atoms with van der Waals surface area (Å²) in [6.45, 7) is -0.195. The Bertz CT molecular complexity index is 478. The van der Waals surface area contributed by atoms with Gasteiger partial charge in [0.05, 0.1) is 13.2 Å². The number of carbonyl (C=O) groups excluding carboxylic acids is 1. The van der Waals surface area contributed by atoms with Crippen LogP contribution in [0.2, 0.25) is 0 Å². The zero-order valence-electron chi connectivity index (χ0n) is 14.0. The van der Waals surface area contributed by atoms with Crippen LogP contribution in [0.3, 0.4) is 0 Å². The molecule has 2 rings (SSSR count). The van der Waals surface area contributed by atoms with Crippen LogP contribution < -0.4 is 5.32 Å². The van der Waals surface area contributed by atoms with Gasteiger partial charge in [-0.2, -0.15) is 0 Å². The number of ether oxygens (including phenoxy) is 3. The molecule has 8 N–H and O–H groups in total. The summed E-state index contributed by atoms with van der Waals surface area (Å²) in [6, 6.07) is -1.28. The van der Waals surface area contributed by atoms with Crippen molar-refractivity contribution in [1.82, 2.24) is 5.32 Å². The van der Waals surface area contributed by atoms with Crippen LogP contribution in [0.1, 0.15) is 6.92 Å². The minimum absolute atomic E-state index is 0.574. The molecule has 12 heteroatoms. The van der Waals surface area contributed by atoms with Crippen LogP contribution in [0.5, 0.6) is 0 Å². The zero-order chi connectivity index (χ0) is 19.6. The van der Waals surface area contributed by atoms with Crippen molar-refractivity contribution < 1.29 is 54.8 Å². The second-order valence-corrected chi connectivity index (χ2v) is 6.26. The Kier molecular flexibility index (Phi) is 7.27. The van der Waals surface area contributed by atoms with Gasteiger partial charge in [0, 0.05) is 6.92 Å². The molecule has 0 bridgehead atoms. The monoisotopic (exact) mass is 383 g/mol. The number of aliphatic hydroxyl groups excluding tert-OH is 7. The van der Waals surface area contributed by atoms with Crippen molar-refractivity contribution in [3.63, 3.8) is 0 Å². The van der Waals surface area contributed by atoms with E-state index in [1.54, 1.807) is 0 Å². The van der Waals surface area contributed by atoms with Gasteiger partial charge in [0.1, 0.15) is 48.8 Å². The number of rotatable bonds is 5. The average molecular weight is 383 g/mol. The van der Waals surface area contributed by atoms with Gasteiger partial charge in [-0.05, 0) is 0 Å². The molecule has 0 aromatic rings. The van der Waals surface area contributed by atoms with Crippen LogP contribution in [0.15, 0.2) is 0 Å². The molecule has 0 radical (unpaired) electrons. The molecule has 2 fully saturated rings. The van der Waals surface area contributed by atoms with E-state index in [4.69, 9.17) is 14.2 Å². The molecular formula is C14H25NO11. The van der Waals surface area contributed by atoms with Crippen LogP contribution in [0.25, 0.3) is 0 Å². The molecule has 2 heterocycles. The van der Waals surface area contributed by atoms with Gasteiger partial charge in [0.25, 0.3) is 0 Å². The topological polar surface area (TPSA) is 198 Å². The van der Waals surface area contributed by atoms with E-state index in [1.807, 2.05) is 0 Å². The highest BCUT2D eigenvalue weighted by molar-refractivity contribution is 5.73. The minimum atomic E-state index is -1.74. The van der Waals surface area contributed by atoms with Crippen molar-refractivity contribution in [2.24, 2.45) is 0 Å². The van der Waals surface area contributed by atoms with Crippen molar-refractivity contribution in [3.05, 3.63) is 0 Å². The number of carbonyl (C=O) groups is 1. The molecule has 12 nitrogen and oxygen atoms in total. The largest absolute Gasteiger partial charge is 0.394 e. The first-order valence-electron chi connectivity index (χ1n) is 8.06. The number of aliphatic hydroxyl groups is 7. The van der Waals surface area contributed by atoms with Crippen molar-refractivity contribution >= 4 is 5.91 Å². The Morgan fingerprint density at radius 3 is 2.04 bits per heavy atom. The highest BCUT2D eigenvalue weighted by atomic mass is 16.7. The first-order chi connectivity index (χ1) is 12.2. The Morgan fingerprint density at radius 1 is 0.923 bits per heavy atom. The lowest BCUT2D eigenvalue weighted by Crippen LogP contribution is -2.67. The van der Waals surface area contributed by atoms with Gasteiger partial charge in [-0.1, -0.05) is 0 Å². The second kappa shape index (κ2) is 8.84. The third-order valence-corrected chi connectivity index (χ3v) is 4.38. The van der Waals surface area contributed by atoms with E-state index in [0.29, 0.717) is 0 Å². The molecule has 0 aromatic carbocycles. The fraction of sp³-hybridized carbons (Fsp3) is 0.929. The molecular weight excluding hydrogens is 358 g/mol. The summed E-state index contributed by atoms with van der Waals surface area (Å²) in [5.74, 6) is -0.574. The third-order valence-electron chi connectivity index (χ3n) is 4.38. The second-order valence-electron chi connectivity index (χ2n) is 6.26. The van der Waals surface area contributed by atoms with Crippen LogP contribution in [-0.2, 0) is 19.0 Å². The molecule has 0 saturated carbocycles. The smallest absolute Gasteiger partial charge is 0.217 e. The first kappa shape index (κ1) is 21.4. The fourth-order valence-corrected chi connectivity index (χ4v) is 2.97. The molecule has 0 unspecified atom stereocenters. The third kappa shape index (κ3) is 4.31. The summed E-state index contributed by atoms with van der Waals surface area (Å²) in [5, 5.41) is 70.7. The molecule has 2 aliphatic heterocycles. The van der Waals surface area contributed by atoms with Crippen molar-refractivity contribution in [2.75, 3.05) is 13.2 Å². The lowest BCUT2D eigenvalue weighted by atomic mass is 9.95. The first-order valence-corrected chi connectivity index (χ1v) is 8.06. The van der Waals surface area contributed by atoms with E-state index in [9.17, 15) is 40.5 Å². The van der Waals surface area contributed by atoms with Crippen molar-refractivity contribution in [2.45, 2.75) is 68.3 Å². The van der Waals surface area contributed by atoms with Crippen LogP contribution in [0, 0.1) is 0 Å². The maximum Gasteiger partial charge on any atom is 0.217 e. The van der Waals surface area contributed by atoms with E-state index in [-0.39, 0.29) is 0 Å². The van der Waals surface area contributed by atoms with Crippen LogP contribution in [-0.4, -0.2) is 116 Å². The molecule has 2 saturated heterocycles. The summed E-state index contributed by atoms with van der Waals surface area (Å²) in [4.78, 5) is 11.4. The van der Waals surface area contributed by atoms with Crippen LogP contribution >= 0.6 is 0 Å². The standard InChI is InChI=1S/C14H25NO11/c1-4(18)15-7-12(9(20)6(3-17)24-13(7)23)26-14-11(22)10(21)8(19)5(2-16)25-14/h5-14,16-17,19-23H,2-3H2,1H3,(H,15,18)/t5-,6+,7+,8-,9+,10+,11-,12+,13+,14+/m0/s1. The highest BCUT2D eigenvalue weighted by Gasteiger charge is 2.50. The van der Waals surface area contributed by atoms with Crippen molar-refractivity contribution in [1.29, 1.82) is 0 Å². The Labute approximate surface area is 148 Å². The number of hydrogen-bond donors (Lipinski definition) is 8. The van der Waals surface area contributed by atoms with E-state index in [1.165, 1.54) is 0 Å². The predicted octanol–water partition coefficient (Wildman–Crippen LogP) is -5.25. The lowest BCUT2D eigenvalue weighted by Gasteiger charge is -2.46. The maximum absolute atomic E-state index is 11.4. The van der Waals surface area contributed by atoms with Crippen LogP contribution in [0.4, 0.5) is 0 Å². The molecule has 10 atom stereocenters. The average Bonchev–Trinajstić information content (AvgIpc) is 2.60. The van der Waals surface area contributed by atoms with Gasteiger partial charge in [0.15, 0.2) is 12.6 Å². The zero-order valence-corrected chi connectivity index (χ0v) is 14.0. The van der Waals surface area contributed by atoms with E-state index >= 15 is 0 Å². The summed E-state index contributed by atoms with van der Waals surface area (Å²) in [5.41, 5.74) is 0. The molecule has 1 amide bonds. The normalized spacial score (nSPS) is 46.8. The maximum atomic E-state index is 11.4. The number of amides is 1. The van der Waals surface area contributed by atoms with E-state index < -0.39 is 80.5 Å². The van der Waals surface area contributed by atoms with Crippen molar-refractivity contribution in [3.8, 4) is 0 Å².